The first-order valence-electron chi connectivity index (χ1n) is 7.96. The van der Waals surface area contributed by atoms with Crippen molar-refractivity contribution >= 4 is 15.9 Å². The Balaban J connectivity index is 1.96. The summed E-state index contributed by atoms with van der Waals surface area (Å²) in [5, 5.41) is 1.12. The molecule has 19 heavy (non-hydrogen) atoms. The molecule has 2 rings (SSSR count). The lowest BCUT2D eigenvalue weighted by Gasteiger charge is -2.49. The molecule has 0 radical (unpaired) electrons. The molecule has 112 valence electrons. The molecule has 2 fully saturated rings. The second kappa shape index (κ2) is 6.44. The number of alkyl halides is 1. The summed E-state index contributed by atoms with van der Waals surface area (Å²) < 4.78 is 0. The third-order valence-corrected chi connectivity index (χ3v) is 5.96. The summed E-state index contributed by atoms with van der Waals surface area (Å²) in [6, 6.07) is 1.55. The van der Waals surface area contributed by atoms with Gasteiger partial charge in [0.25, 0.3) is 0 Å². The number of fused-ring (bicyclic) bond motifs is 1. The van der Waals surface area contributed by atoms with Crippen LogP contribution in [0, 0.1) is 11.3 Å². The van der Waals surface area contributed by atoms with Gasteiger partial charge in [0.05, 0.1) is 0 Å². The lowest BCUT2D eigenvalue weighted by atomic mass is 9.81. The third kappa shape index (κ3) is 3.95. The van der Waals surface area contributed by atoms with Crippen LogP contribution in [0.25, 0.3) is 0 Å². The second-order valence-electron chi connectivity index (χ2n) is 7.66. The van der Waals surface area contributed by atoms with Crippen LogP contribution in [0.15, 0.2) is 0 Å². The maximum absolute atomic E-state index is 3.73. The van der Waals surface area contributed by atoms with Gasteiger partial charge in [-0.3, -0.25) is 9.80 Å². The first-order chi connectivity index (χ1) is 8.91. The van der Waals surface area contributed by atoms with Gasteiger partial charge in [0, 0.05) is 37.0 Å². The molecular formula is C16H31BrN2. The van der Waals surface area contributed by atoms with Crippen LogP contribution < -0.4 is 0 Å². The van der Waals surface area contributed by atoms with Gasteiger partial charge in [-0.2, -0.15) is 0 Å². The number of hydrogen-bond acceptors (Lipinski definition) is 2. The van der Waals surface area contributed by atoms with E-state index in [9.17, 15) is 0 Å². The number of nitrogens with zero attached hydrogens (tertiary/aromatic N) is 2. The van der Waals surface area contributed by atoms with E-state index in [0.717, 1.165) is 23.3 Å². The number of rotatable bonds is 3. The summed E-state index contributed by atoms with van der Waals surface area (Å²) >= 11 is 3.73. The van der Waals surface area contributed by atoms with E-state index in [0.29, 0.717) is 5.41 Å². The van der Waals surface area contributed by atoms with Crippen LogP contribution in [-0.2, 0) is 0 Å². The molecule has 0 saturated carbocycles. The number of halogens is 1. The van der Waals surface area contributed by atoms with E-state index in [2.05, 4.69) is 53.4 Å². The predicted octanol–water partition coefficient (Wildman–Crippen LogP) is 3.60. The van der Waals surface area contributed by atoms with Gasteiger partial charge in [0.15, 0.2) is 0 Å². The molecular weight excluding hydrogens is 300 g/mol. The van der Waals surface area contributed by atoms with Crippen LogP contribution >= 0.6 is 15.9 Å². The molecule has 0 aromatic carbocycles. The number of piperazine rings is 1. The van der Waals surface area contributed by atoms with E-state index in [1.165, 1.54) is 45.4 Å². The van der Waals surface area contributed by atoms with Gasteiger partial charge in [0.1, 0.15) is 0 Å². The van der Waals surface area contributed by atoms with Gasteiger partial charge in [-0.1, -0.05) is 43.1 Å². The molecule has 3 heteroatoms. The summed E-state index contributed by atoms with van der Waals surface area (Å²) in [7, 11) is 0. The van der Waals surface area contributed by atoms with Crippen LogP contribution in [0.1, 0.15) is 47.0 Å². The monoisotopic (exact) mass is 330 g/mol. The predicted molar refractivity (Wildman–Crippen MR) is 87.0 cm³/mol. The summed E-state index contributed by atoms with van der Waals surface area (Å²) in [5.74, 6) is 0.741. The molecule has 0 amide bonds. The zero-order valence-electron chi connectivity index (χ0n) is 13.2. The lowest BCUT2D eigenvalue weighted by Crippen LogP contribution is -2.59. The van der Waals surface area contributed by atoms with Gasteiger partial charge in [-0.25, -0.2) is 0 Å². The lowest BCUT2D eigenvalue weighted by molar-refractivity contribution is 0.000770. The van der Waals surface area contributed by atoms with E-state index in [-0.39, 0.29) is 0 Å². The molecule has 0 N–H and O–H groups in total. The molecule has 0 aliphatic carbocycles. The fraction of sp³-hybridized carbons (Fsp3) is 1.00. The van der Waals surface area contributed by atoms with Gasteiger partial charge in [0.2, 0.25) is 0 Å². The SMILES string of the molecule is CC1CN2CCCCC2CN1CC(CBr)C(C)(C)C. The normalized spacial score (nSPS) is 32.1. The van der Waals surface area contributed by atoms with Crippen LogP contribution in [-0.4, -0.2) is 53.4 Å². The molecule has 2 nitrogen and oxygen atoms in total. The first-order valence-corrected chi connectivity index (χ1v) is 9.08. The molecule has 3 atom stereocenters. The topological polar surface area (TPSA) is 6.48 Å². The fourth-order valence-electron chi connectivity index (χ4n) is 3.50. The van der Waals surface area contributed by atoms with Crippen molar-refractivity contribution < 1.29 is 0 Å². The smallest absolute Gasteiger partial charge is 0.0223 e. The molecule has 3 unspecified atom stereocenters. The van der Waals surface area contributed by atoms with Gasteiger partial charge < -0.3 is 0 Å². The highest BCUT2D eigenvalue weighted by Crippen LogP contribution is 2.31. The van der Waals surface area contributed by atoms with Gasteiger partial charge in [-0.15, -0.1) is 0 Å². The highest BCUT2D eigenvalue weighted by Gasteiger charge is 2.35. The maximum Gasteiger partial charge on any atom is 0.0223 e. The molecule has 0 aromatic rings. The zero-order chi connectivity index (χ0) is 14.0. The summed E-state index contributed by atoms with van der Waals surface area (Å²) in [6.07, 6.45) is 4.26. The molecule has 0 aromatic heterocycles. The summed E-state index contributed by atoms with van der Waals surface area (Å²) in [4.78, 5) is 5.49. The third-order valence-electron chi connectivity index (χ3n) is 5.18. The Morgan fingerprint density at radius 3 is 2.58 bits per heavy atom. The van der Waals surface area contributed by atoms with Crippen LogP contribution in [0.3, 0.4) is 0 Å². The largest absolute Gasteiger partial charge is 0.298 e. The summed E-state index contributed by atoms with van der Waals surface area (Å²) in [5.41, 5.74) is 0.396. The minimum Gasteiger partial charge on any atom is -0.298 e. The minimum atomic E-state index is 0.396. The van der Waals surface area contributed by atoms with E-state index < -0.39 is 0 Å². The number of hydrogen-bond donors (Lipinski definition) is 0. The summed E-state index contributed by atoms with van der Waals surface area (Å²) in [6.45, 7) is 14.7. The van der Waals surface area contributed by atoms with E-state index in [4.69, 9.17) is 0 Å². The quantitative estimate of drug-likeness (QED) is 0.729. The first kappa shape index (κ1) is 15.8. The van der Waals surface area contributed by atoms with Crippen molar-refractivity contribution in [3.8, 4) is 0 Å². The molecule has 2 saturated heterocycles. The molecule has 0 bridgehead atoms. The van der Waals surface area contributed by atoms with E-state index in [1.54, 1.807) is 0 Å². The van der Waals surface area contributed by atoms with Crippen molar-refractivity contribution in [2.75, 3.05) is 31.5 Å². The van der Waals surface area contributed by atoms with Crippen LogP contribution in [0.2, 0.25) is 0 Å². The average Bonchev–Trinajstić information content (AvgIpc) is 2.34. The Hall–Kier alpha value is 0.400. The van der Waals surface area contributed by atoms with Crippen molar-refractivity contribution in [1.29, 1.82) is 0 Å². The second-order valence-corrected chi connectivity index (χ2v) is 8.31. The Morgan fingerprint density at radius 2 is 1.95 bits per heavy atom. The van der Waals surface area contributed by atoms with Crippen LogP contribution in [0.5, 0.6) is 0 Å². The van der Waals surface area contributed by atoms with E-state index >= 15 is 0 Å². The minimum absolute atomic E-state index is 0.396. The van der Waals surface area contributed by atoms with Gasteiger partial charge in [-0.05, 0) is 37.6 Å². The average molecular weight is 331 g/mol. The Kier molecular flexibility index (Phi) is 5.35. The number of piperidine rings is 1. The van der Waals surface area contributed by atoms with Gasteiger partial charge >= 0.3 is 0 Å². The van der Waals surface area contributed by atoms with E-state index in [1.807, 2.05) is 0 Å². The fourth-order valence-corrected chi connectivity index (χ4v) is 4.68. The van der Waals surface area contributed by atoms with Crippen molar-refractivity contribution in [3.05, 3.63) is 0 Å². The van der Waals surface area contributed by atoms with Crippen molar-refractivity contribution in [2.45, 2.75) is 59.0 Å². The van der Waals surface area contributed by atoms with Crippen molar-refractivity contribution in [3.63, 3.8) is 0 Å². The zero-order valence-corrected chi connectivity index (χ0v) is 14.7. The van der Waals surface area contributed by atoms with Crippen LogP contribution in [0.4, 0.5) is 0 Å². The maximum atomic E-state index is 3.73. The molecule has 2 heterocycles. The molecule has 0 spiro atoms. The van der Waals surface area contributed by atoms with Crippen molar-refractivity contribution in [2.24, 2.45) is 11.3 Å². The van der Waals surface area contributed by atoms with Crippen molar-refractivity contribution in [1.82, 2.24) is 9.80 Å². The standard InChI is InChI=1S/C16H31BrN2/c1-13-10-18-8-6-5-7-15(18)12-19(13)11-14(9-17)16(2,3)4/h13-15H,5-12H2,1-4H3. The highest BCUT2D eigenvalue weighted by atomic mass is 79.9. The molecule has 2 aliphatic rings. The Bertz CT molecular complexity index is 287. The molecule has 2 aliphatic heterocycles. The highest BCUT2D eigenvalue weighted by molar-refractivity contribution is 9.09. The Morgan fingerprint density at radius 1 is 1.21 bits per heavy atom. The Labute approximate surface area is 128 Å².